The fourth-order valence-electron chi connectivity index (χ4n) is 0.489. The molecule has 0 aliphatic carbocycles. The highest BCUT2D eigenvalue weighted by atomic mass is 16.4. The van der Waals surface area contributed by atoms with E-state index in [9.17, 15) is 4.79 Å². The minimum absolute atomic E-state index is 0.627. The van der Waals surface area contributed by atoms with Crippen LogP contribution < -0.4 is 0 Å². The van der Waals surface area contributed by atoms with E-state index in [-0.39, 0.29) is 0 Å². The number of carbonyl (C=O) groups is 1. The first kappa shape index (κ1) is 9.39. The molecule has 4 nitrogen and oxygen atoms in total. The van der Waals surface area contributed by atoms with E-state index in [1.54, 1.807) is 0 Å². The van der Waals surface area contributed by atoms with E-state index in [4.69, 9.17) is 15.3 Å². The molecule has 0 bridgehead atoms. The van der Waals surface area contributed by atoms with Crippen LogP contribution in [-0.2, 0) is 4.79 Å². The Bertz CT molecular complexity index is 121. The van der Waals surface area contributed by atoms with Crippen LogP contribution in [0, 0.1) is 5.92 Å². The Balaban J connectivity index is 3.94. The van der Waals surface area contributed by atoms with Crippen molar-refractivity contribution in [3.8, 4) is 0 Å². The summed E-state index contributed by atoms with van der Waals surface area (Å²) in [4.78, 5) is 10.1. The van der Waals surface area contributed by atoms with E-state index in [1.165, 1.54) is 13.8 Å². The molecule has 0 heterocycles. The molecule has 3 N–H and O–H groups in total. The van der Waals surface area contributed by atoms with E-state index in [2.05, 4.69) is 0 Å². The predicted octanol–water partition coefficient (Wildman–Crippen LogP) is -0.551. The van der Waals surface area contributed by atoms with Gasteiger partial charge in [0.2, 0.25) is 0 Å². The van der Waals surface area contributed by atoms with Crippen LogP contribution in [0.5, 0.6) is 0 Å². The Labute approximate surface area is 59.1 Å². The van der Waals surface area contributed by atoms with Gasteiger partial charge in [-0.15, -0.1) is 0 Å². The van der Waals surface area contributed by atoms with Crippen LogP contribution in [0.25, 0.3) is 0 Å². The van der Waals surface area contributed by atoms with E-state index in [1.807, 2.05) is 0 Å². The molecule has 2 unspecified atom stereocenters. The Morgan fingerprint density at radius 2 is 1.70 bits per heavy atom. The molecule has 10 heavy (non-hydrogen) atoms. The molecule has 0 radical (unpaired) electrons. The van der Waals surface area contributed by atoms with Gasteiger partial charge in [0, 0.05) is 5.92 Å². The molecule has 0 aliphatic rings. The fourth-order valence-corrected chi connectivity index (χ4v) is 0.489. The Morgan fingerprint density at radius 1 is 1.30 bits per heavy atom. The van der Waals surface area contributed by atoms with Gasteiger partial charge in [0.15, 0.2) is 6.10 Å². The molecule has 0 aromatic rings. The number of carboxylic acids is 1. The molecule has 0 rings (SSSR count). The van der Waals surface area contributed by atoms with Gasteiger partial charge >= 0.3 is 5.97 Å². The molecule has 0 aliphatic heterocycles. The van der Waals surface area contributed by atoms with Crippen LogP contribution in [0.15, 0.2) is 0 Å². The summed E-state index contributed by atoms with van der Waals surface area (Å²) in [5.74, 6) is -1.93. The number of aliphatic carboxylic acids is 1. The second-order valence-electron chi connectivity index (χ2n) is 2.38. The standard InChI is InChI=1S/C6H12O4/c1-3(4(2)7)5(8)6(9)10/h3-5,7-8H,1-2H3,(H,9,10)/t3-,4?,5?/m1/s1. The molecule has 3 atom stereocenters. The lowest BCUT2D eigenvalue weighted by Gasteiger charge is -2.16. The van der Waals surface area contributed by atoms with Gasteiger partial charge < -0.3 is 15.3 Å². The molecule has 4 heteroatoms. The molecule has 0 amide bonds. The molecule has 0 fully saturated rings. The lowest BCUT2D eigenvalue weighted by Crippen LogP contribution is -2.33. The van der Waals surface area contributed by atoms with Crippen LogP contribution >= 0.6 is 0 Å². The molecule has 0 saturated carbocycles. The summed E-state index contributed by atoms with van der Waals surface area (Å²) >= 11 is 0. The number of aliphatic hydroxyl groups is 2. The van der Waals surface area contributed by atoms with Gasteiger partial charge in [0.25, 0.3) is 0 Å². The Hall–Kier alpha value is -0.610. The van der Waals surface area contributed by atoms with Crippen LogP contribution in [0.1, 0.15) is 13.8 Å². The van der Waals surface area contributed by atoms with Crippen molar-refractivity contribution in [2.24, 2.45) is 5.92 Å². The van der Waals surface area contributed by atoms with Crippen molar-refractivity contribution in [1.29, 1.82) is 0 Å². The number of hydrogen-bond donors (Lipinski definition) is 3. The maximum absolute atomic E-state index is 10.1. The summed E-state index contributed by atoms with van der Waals surface area (Å²) in [5.41, 5.74) is 0. The van der Waals surface area contributed by atoms with E-state index in [0.29, 0.717) is 0 Å². The largest absolute Gasteiger partial charge is 0.479 e. The summed E-state index contributed by atoms with van der Waals surface area (Å²) in [7, 11) is 0. The molecular formula is C6H12O4. The predicted molar refractivity (Wildman–Crippen MR) is 34.5 cm³/mol. The zero-order valence-corrected chi connectivity index (χ0v) is 5.98. The van der Waals surface area contributed by atoms with Crippen molar-refractivity contribution in [3.05, 3.63) is 0 Å². The van der Waals surface area contributed by atoms with Crippen LogP contribution in [0.2, 0.25) is 0 Å². The first-order chi connectivity index (χ1) is 4.46. The maximum atomic E-state index is 10.1. The number of carboxylic acid groups (broad SMARTS) is 1. The van der Waals surface area contributed by atoms with Gasteiger partial charge in [-0.05, 0) is 6.92 Å². The average Bonchev–Trinajstić information content (AvgIpc) is 1.84. The second-order valence-corrected chi connectivity index (χ2v) is 2.38. The van der Waals surface area contributed by atoms with Crippen molar-refractivity contribution >= 4 is 5.97 Å². The van der Waals surface area contributed by atoms with Crippen LogP contribution in [-0.4, -0.2) is 33.5 Å². The van der Waals surface area contributed by atoms with E-state index in [0.717, 1.165) is 0 Å². The highest BCUT2D eigenvalue weighted by Crippen LogP contribution is 2.07. The summed E-state index contributed by atoms with van der Waals surface area (Å²) in [6, 6.07) is 0. The smallest absolute Gasteiger partial charge is 0.332 e. The highest BCUT2D eigenvalue weighted by Gasteiger charge is 2.24. The van der Waals surface area contributed by atoms with Crippen molar-refractivity contribution in [3.63, 3.8) is 0 Å². The summed E-state index contributed by atoms with van der Waals surface area (Å²) in [5, 5.41) is 25.9. The average molecular weight is 148 g/mol. The quantitative estimate of drug-likeness (QED) is 0.501. The number of aliphatic hydroxyl groups excluding tert-OH is 2. The van der Waals surface area contributed by atoms with E-state index >= 15 is 0 Å². The SMILES string of the molecule is CC(O)[C@@H](C)C(O)C(=O)O. The zero-order chi connectivity index (χ0) is 8.31. The lowest BCUT2D eigenvalue weighted by atomic mass is 10.00. The van der Waals surface area contributed by atoms with Gasteiger partial charge in [-0.1, -0.05) is 6.92 Å². The van der Waals surface area contributed by atoms with Gasteiger partial charge in [-0.25, -0.2) is 4.79 Å². The summed E-state index contributed by atoms with van der Waals surface area (Å²) < 4.78 is 0. The molecule has 0 aromatic carbocycles. The Kier molecular flexibility index (Phi) is 3.32. The number of hydrogen-bond acceptors (Lipinski definition) is 3. The third kappa shape index (κ3) is 2.33. The minimum Gasteiger partial charge on any atom is -0.479 e. The molecule has 60 valence electrons. The molecular weight excluding hydrogens is 136 g/mol. The fraction of sp³-hybridized carbons (Fsp3) is 0.833. The van der Waals surface area contributed by atoms with Crippen LogP contribution in [0.4, 0.5) is 0 Å². The van der Waals surface area contributed by atoms with Crippen molar-refractivity contribution in [2.75, 3.05) is 0 Å². The lowest BCUT2D eigenvalue weighted by molar-refractivity contribution is -0.151. The second kappa shape index (κ2) is 3.53. The first-order valence-corrected chi connectivity index (χ1v) is 3.05. The first-order valence-electron chi connectivity index (χ1n) is 3.05. The third-order valence-electron chi connectivity index (χ3n) is 1.51. The van der Waals surface area contributed by atoms with Gasteiger partial charge in [0.05, 0.1) is 6.10 Å². The number of rotatable bonds is 3. The molecule has 0 saturated heterocycles. The topological polar surface area (TPSA) is 77.8 Å². The van der Waals surface area contributed by atoms with Crippen molar-refractivity contribution in [1.82, 2.24) is 0 Å². The van der Waals surface area contributed by atoms with Crippen molar-refractivity contribution in [2.45, 2.75) is 26.1 Å². The van der Waals surface area contributed by atoms with E-state index < -0.39 is 24.1 Å². The van der Waals surface area contributed by atoms with Crippen LogP contribution in [0.3, 0.4) is 0 Å². The third-order valence-corrected chi connectivity index (χ3v) is 1.51. The van der Waals surface area contributed by atoms with Gasteiger partial charge in [-0.3, -0.25) is 0 Å². The maximum Gasteiger partial charge on any atom is 0.332 e. The summed E-state index contributed by atoms with van der Waals surface area (Å²) in [6.45, 7) is 2.92. The minimum atomic E-state index is -1.47. The normalized spacial score (nSPS) is 19.6. The van der Waals surface area contributed by atoms with Crippen molar-refractivity contribution < 1.29 is 20.1 Å². The molecule has 0 aromatic heterocycles. The zero-order valence-electron chi connectivity index (χ0n) is 5.98. The summed E-state index contributed by atoms with van der Waals surface area (Å²) in [6.07, 6.45) is -2.27. The van der Waals surface area contributed by atoms with Gasteiger partial charge in [-0.2, -0.15) is 0 Å². The highest BCUT2D eigenvalue weighted by molar-refractivity contribution is 5.72. The van der Waals surface area contributed by atoms with Gasteiger partial charge in [0.1, 0.15) is 0 Å². The monoisotopic (exact) mass is 148 g/mol. The Morgan fingerprint density at radius 3 is 1.80 bits per heavy atom. The molecule has 0 spiro atoms.